The largest absolute Gasteiger partial charge is 0.456 e. The predicted molar refractivity (Wildman–Crippen MR) is 237 cm³/mol. The molecule has 1 aliphatic heterocycles. The lowest BCUT2D eigenvalue weighted by Gasteiger charge is -2.26. The first-order valence-electron chi connectivity index (χ1n) is 19.4. The maximum absolute atomic E-state index is 6.51. The summed E-state index contributed by atoms with van der Waals surface area (Å²) in [7, 11) is 0. The molecule has 0 saturated heterocycles. The highest BCUT2D eigenvalue weighted by atomic mass is 16.5. The standard InChI is InChI=1S/C54H36N2O/c1-3-14-40(15-4-1)55(42-31-26-37(27-32-42)39-30-35-51-49(36-39)45-18-7-10-23-50(45)56(51)41-16-5-2-6-17-41)43-33-28-38(29-34-43)44-21-13-22-47-46-19-8-11-24-52(46)57-53-25-12-9-20-48(53)54(44)47/h1-36H. The average molecular weight is 729 g/mol. The average Bonchev–Trinajstić information content (AvgIpc) is 3.53. The monoisotopic (exact) mass is 728 g/mol. The lowest BCUT2D eigenvalue weighted by molar-refractivity contribution is 0.488. The molecule has 0 amide bonds. The van der Waals surface area contributed by atoms with Crippen molar-refractivity contribution in [3.05, 3.63) is 218 Å². The highest BCUT2D eigenvalue weighted by Crippen LogP contribution is 2.50. The Bertz CT molecular complexity index is 3070. The zero-order valence-corrected chi connectivity index (χ0v) is 31.1. The third-order valence-corrected chi connectivity index (χ3v) is 11.2. The Balaban J connectivity index is 0.972. The van der Waals surface area contributed by atoms with E-state index in [2.05, 4.69) is 216 Å². The molecule has 11 rings (SSSR count). The Kier molecular flexibility index (Phi) is 7.82. The van der Waals surface area contributed by atoms with Crippen molar-refractivity contribution >= 4 is 38.9 Å². The Hall–Kier alpha value is -7.62. The molecule has 268 valence electrons. The molecule has 0 spiro atoms. The molecule has 3 nitrogen and oxygen atoms in total. The van der Waals surface area contributed by atoms with Crippen LogP contribution in [0.5, 0.6) is 11.5 Å². The second-order valence-electron chi connectivity index (χ2n) is 14.5. The van der Waals surface area contributed by atoms with Gasteiger partial charge in [-0.15, -0.1) is 0 Å². The summed E-state index contributed by atoms with van der Waals surface area (Å²) in [6.45, 7) is 0. The summed E-state index contributed by atoms with van der Waals surface area (Å²) in [6, 6.07) is 78.0. The number of hydrogen-bond donors (Lipinski definition) is 0. The molecule has 1 aromatic heterocycles. The first kappa shape index (κ1) is 32.8. The van der Waals surface area contributed by atoms with Crippen molar-refractivity contribution in [2.75, 3.05) is 4.90 Å². The van der Waals surface area contributed by atoms with Gasteiger partial charge in [0, 0.05) is 50.2 Å². The van der Waals surface area contributed by atoms with Crippen LogP contribution in [0.1, 0.15) is 0 Å². The summed E-state index contributed by atoms with van der Waals surface area (Å²) < 4.78 is 8.87. The summed E-state index contributed by atoms with van der Waals surface area (Å²) in [5.41, 5.74) is 16.1. The maximum Gasteiger partial charge on any atom is 0.135 e. The van der Waals surface area contributed by atoms with Gasteiger partial charge in [0.25, 0.3) is 0 Å². The number of anilines is 3. The number of fused-ring (bicyclic) bond motifs is 8. The number of para-hydroxylation sites is 5. The third kappa shape index (κ3) is 5.60. The van der Waals surface area contributed by atoms with Gasteiger partial charge in [0.1, 0.15) is 11.5 Å². The fourth-order valence-corrected chi connectivity index (χ4v) is 8.59. The van der Waals surface area contributed by atoms with Gasteiger partial charge in [-0.1, -0.05) is 140 Å². The molecule has 0 radical (unpaired) electrons. The van der Waals surface area contributed by atoms with Gasteiger partial charge >= 0.3 is 0 Å². The van der Waals surface area contributed by atoms with Gasteiger partial charge in [-0.3, -0.25) is 0 Å². The van der Waals surface area contributed by atoms with E-state index >= 15 is 0 Å². The minimum absolute atomic E-state index is 0.866. The molecular weight excluding hydrogens is 693 g/mol. The van der Waals surface area contributed by atoms with Crippen LogP contribution in [0, 0.1) is 0 Å². The van der Waals surface area contributed by atoms with Gasteiger partial charge in [-0.05, 0) is 107 Å². The zero-order chi connectivity index (χ0) is 37.7. The van der Waals surface area contributed by atoms with Crippen molar-refractivity contribution in [3.8, 4) is 61.7 Å². The van der Waals surface area contributed by atoms with Gasteiger partial charge < -0.3 is 14.2 Å². The van der Waals surface area contributed by atoms with Crippen LogP contribution < -0.4 is 9.64 Å². The number of benzene rings is 9. The Labute approximate surface area is 331 Å². The van der Waals surface area contributed by atoms with Crippen LogP contribution >= 0.6 is 0 Å². The molecule has 0 bridgehead atoms. The van der Waals surface area contributed by atoms with E-state index in [9.17, 15) is 0 Å². The van der Waals surface area contributed by atoms with Gasteiger partial charge in [0.05, 0.1) is 11.0 Å². The normalized spacial score (nSPS) is 11.6. The van der Waals surface area contributed by atoms with Crippen molar-refractivity contribution in [1.82, 2.24) is 4.57 Å². The lowest BCUT2D eigenvalue weighted by atomic mass is 9.87. The molecule has 0 fully saturated rings. The molecule has 2 heterocycles. The van der Waals surface area contributed by atoms with E-state index in [4.69, 9.17) is 4.74 Å². The third-order valence-electron chi connectivity index (χ3n) is 11.2. The second kappa shape index (κ2) is 13.6. The van der Waals surface area contributed by atoms with Crippen molar-refractivity contribution in [2.24, 2.45) is 0 Å². The Morgan fingerprint density at radius 3 is 1.61 bits per heavy atom. The molecule has 1 aliphatic rings. The van der Waals surface area contributed by atoms with E-state index in [0.717, 1.165) is 45.3 Å². The van der Waals surface area contributed by atoms with Gasteiger partial charge in [0.15, 0.2) is 0 Å². The van der Waals surface area contributed by atoms with E-state index in [1.54, 1.807) is 0 Å². The smallest absolute Gasteiger partial charge is 0.135 e. The highest BCUT2D eigenvalue weighted by Gasteiger charge is 2.23. The summed E-state index contributed by atoms with van der Waals surface area (Å²) in [5.74, 6) is 1.74. The number of hydrogen-bond acceptors (Lipinski definition) is 2. The zero-order valence-electron chi connectivity index (χ0n) is 31.1. The van der Waals surface area contributed by atoms with E-state index < -0.39 is 0 Å². The maximum atomic E-state index is 6.51. The van der Waals surface area contributed by atoms with Crippen LogP contribution in [-0.4, -0.2) is 4.57 Å². The molecule has 0 saturated carbocycles. The molecule has 0 unspecified atom stereocenters. The van der Waals surface area contributed by atoms with Crippen LogP contribution in [0.3, 0.4) is 0 Å². The van der Waals surface area contributed by atoms with E-state index in [1.165, 1.54) is 55.3 Å². The minimum Gasteiger partial charge on any atom is -0.456 e. The summed E-state index contributed by atoms with van der Waals surface area (Å²) >= 11 is 0. The summed E-state index contributed by atoms with van der Waals surface area (Å²) in [6.07, 6.45) is 0. The van der Waals surface area contributed by atoms with Crippen LogP contribution in [0.15, 0.2) is 218 Å². The van der Waals surface area contributed by atoms with Crippen LogP contribution in [0.4, 0.5) is 17.1 Å². The number of nitrogens with zero attached hydrogens (tertiary/aromatic N) is 2. The van der Waals surface area contributed by atoms with Gasteiger partial charge in [-0.25, -0.2) is 0 Å². The number of rotatable bonds is 6. The molecule has 3 heteroatoms. The first-order chi connectivity index (χ1) is 28.3. The Morgan fingerprint density at radius 2 is 0.860 bits per heavy atom. The van der Waals surface area contributed by atoms with E-state index in [1.807, 2.05) is 12.1 Å². The topological polar surface area (TPSA) is 17.4 Å². The quantitative estimate of drug-likeness (QED) is 0.170. The van der Waals surface area contributed by atoms with Crippen molar-refractivity contribution < 1.29 is 4.74 Å². The molecule has 57 heavy (non-hydrogen) atoms. The molecule has 0 atom stereocenters. The molecular formula is C54H36N2O. The second-order valence-corrected chi connectivity index (χ2v) is 14.5. The lowest BCUT2D eigenvalue weighted by Crippen LogP contribution is -2.09. The van der Waals surface area contributed by atoms with Gasteiger partial charge in [-0.2, -0.15) is 0 Å². The van der Waals surface area contributed by atoms with Crippen LogP contribution in [0.2, 0.25) is 0 Å². The number of ether oxygens (including phenoxy) is 1. The van der Waals surface area contributed by atoms with Crippen molar-refractivity contribution in [1.29, 1.82) is 0 Å². The summed E-state index contributed by atoms with van der Waals surface area (Å²) in [4.78, 5) is 2.33. The van der Waals surface area contributed by atoms with E-state index in [0.29, 0.717) is 0 Å². The van der Waals surface area contributed by atoms with Crippen molar-refractivity contribution in [2.45, 2.75) is 0 Å². The molecule has 10 aromatic rings. The van der Waals surface area contributed by atoms with Crippen molar-refractivity contribution in [3.63, 3.8) is 0 Å². The highest BCUT2D eigenvalue weighted by molar-refractivity contribution is 6.10. The fraction of sp³-hybridized carbons (Fsp3) is 0. The van der Waals surface area contributed by atoms with Gasteiger partial charge in [0.2, 0.25) is 0 Å². The number of aromatic nitrogens is 1. The SMILES string of the molecule is c1ccc(N(c2ccc(-c3ccc4c(c3)c3ccccc3n4-c3ccccc3)cc2)c2ccc(-c3cccc4c3-c3ccccc3Oc3ccccc3-4)cc2)cc1. The van der Waals surface area contributed by atoms with Crippen LogP contribution in [-0.2, 0) is 0 Å². The summed E-state index contributed by atoms with van der Waals surface area (Å²) in [5, 5.41) is 2.50. The van der Waals surface area contributed by atoms with Crippen LogP contribution in [0.25, 0.3) is 72.0 Å². The molecule has 0 aliphatic carbocycles. The molecule has 9 aromatic carbocycles. The predicted octanol–water partition coefficient (Wildman–Crippen LogP) is 15.0. The Morgan fingerprint density at radius 1 is 0.333 bits per heavy atom. The van der Waals surface area contributed by atoms with E-state index in [-0.39, 0.29) is 0 Å². The first-order valence-corrected chi connectivity index (χ1v) is 19.4. The fourth-order valence-electron chi connectivity index (χ4n) is 8.59. The minimum atomic E-state index is 0.866. The molecule has 0 N–H and O–H groups in total.